The molecule has 26 heavy (non-hydrogen) atoms. The van der Waals surface area contributed by atoms with Crippen molar-refractivity contribution in [1.29, 1.82) is 0 Å². The summed E-state index contributed by atoms with van der Waals surface area (Å²) in [6.45, 7) is 20.4. The summed E-state index contributed by atoms with van der Waals surface area (Å²) >= 11 is 0. The minimum Gasteiger partial charge on any atom is -0.412 e. The minimum atomic E-state index is -1.90. The molecule has 0 saturated heterocycles. The first-order chi connectivity index (χ1) is 11.9. The van der Waals surface area contributed by atoms with Crippen molar-refractivity contribution in [2.45, 2.75) is 97.9 Å². The Hall–Kier alpha value is -0.823. The number of aliphatic hydroxyl groups excluding tert-OH is 1. The van der Waals surface area contributed by atoms with Crippen molar-refractivity contribution in [3.63, 3.8) is 0 Å². The Morgan fingerprint density at radius 1 is 1.08 bits per heavy atom. The number of hydrogen-bond donors (Lipinski definition) is 1. The van der Waals surface area contributed by atoms with Crippen LogP contribution < -0.4 is 0 Å². The van der Waals surface area contributed by atoms with Crippen molar-refractivity contribution in [3.8, 4) is 12.3 Å². The maximum atomic E-state index is 9.87. The molecule has 0 radical (unpaired) electrons. The first-order valence-electron chi connectivity index (χ1n) is 10.0. The van der Waals surface area contributed by atoms with Crippen molar-refractivity contribution in [1.82, 2.24) is 0 Å². The van der Waals surface area contributed by atoms with Gasteiger partial charge in [0.1, 0.15) is 0 Å². The van der Waals surface area contributed by atoms with Gasteiger partial charge in [0.15, 0.2) is 0 Å². The van der Waals surface area contributed by atoms with Gasteiger partial charge in [-0.2, -0.15) is 0 Å². The average Bonchev–Trinajstić information content (AvgIpc) is 2.50. The molecular weight excluding hydrogens is 336 g/mol. The molecule has 0 bridgehead atoms. The zero-order valence-electron chi connectivity index (χ0n) is 18.6. The van der Waals surface area contributed by atoms with E-state index in [1.54, 1.807) is 0 Å². The van der Waals surface area contributed by atoms with Crippen LogP contribution in [0.15, 0.2) is 23.8 Å². The molecule has 0 aromatic rings. The highest BCUT2D eigenvalue weighted by atomic mass is 28.4. The Kier molecular flexibility index (Phi) is 10.8. The van der Waals surface area contributed by atoms with Gasteiger partial charge in [-0.05, 0) is 55.8 Å². The summed E-state index contributed by atoms with van der Waals surface area (Å²) in [5.41, 5.74) is 2.70. The number of rotatable bonds is 11. The molecule has 2 nitrogen and oxygen atoms in total. The normalized spacial score (nSPS) is 15.3. The van der Waals surface area contributed by atoms with Crippen molar-refractivity contribution >= 4 is 8.32 Å². The summed E-state index contributed by atoms with van der Waals surface area (Å²) in [6.07, 6.45) is 12.9. The molecule has 3 heteroatoms. The predicted octanol–water partition coefficient (Wildman–Crippen LogP) is 6.48. The van der Waals surface area contributed by atoms with Crippen LogP contribution in [0.3, 0.4) is 0 Å². The van der Waals surface area contributed by atoms with Crippen LogP contribution in [0.1, 0.15) is 75.2 Å². The molecule has 0 aliphatic carbocycles. The van der Waals surface area contributed by atoms with Crippen molar-refractivity contribution < 1.29 is 9.53 Å². The van der Waals surface area contributed by atoms with Crippen LogP contribution in [-0.2, 0) is 4.43 Å². The van der Waals surface area contributed by atoms with Gasteiger partial charge < -0.3 is 9.53 Å². The summed E-state index contributed by atoms with van der Waals surface area (Å²) in [5, 5.41) is 9.87. The smallest absolute Gasteiger partial charge is 0.200 e. The minimum absolute atomic E-state index is 0.125. The third-order valence-corrected chi connectivity index (χ3v) is 11.3. The zero-order valence-corrected chi connectivity index (χ0v) is 19.6. The molecule has 0 aromatic heterocycles. The summed E-state index contributed by atoms with van der Waals surface area (Å²) in [6, 6.07) is 0. The lowest BCUT2D eigenvalue weighted by atomic mass is 9.90. The fourth-order valence-corrected chi connectivity index (χ4v) is 9.33. The van der Waals surface area contributed by atoms with E-state index < -0.39 is 8.32 Å². The summed E-state index contributed by atoms with van der Waals surface area (Å²) in [7, 11) is -1.90. The van der Waals surface area contributed by atoms with E-state index in [1.165, 1.54) is 0 Å². The predicted molar refractivity (Wildman–Crippen MR) is 118 cm³/mol. The summed E-state index contributed by atoms with van der Waals surface area (Å²) in [5.74, 6) is 2.81. The molecule has 0 aliphatic heterocycles. The van der Waals surface area contributed by atoms with E-state index in [4.69, 9.17) is 10.8 Å². The van der Waals surface area contributed by atoms with Gasteiger partial charge in [-0.15, -0.1) is 12.3 Å². The number of terminal acetylenes is 1. The Balaban J connectivity index is 5.30. The van der Waals surface area contributed by atoms with E-state index >= 15 is 0 Å². The van der Waals surface area contributed by atoms with E-state index in [9.17, 15) is 5.11 Å². The molecule has 0 saturated carbocycles. The van der Waals surface area contributed by atoms with E-state index in [1.807, 2.05) is 6.92 Å². The highest BCUT2D eigenvalue weighted by Gasteiger charge is 2.45. The van der Waals surface area contributed by atoms with E-state index in [2.05, 4.69) is 79.5 Å². The number of hydrogen-bond acceptors (Lipinski definition) is 2. The quantitative estimate of drug-likeness (QED) is 0.253. The second-order valence-electron chi connectivity index (χ2n) is 9.14. The molecule has 1 atom stereocenters. The third-order valence-electron chi connectivity index (χ3n) is 5.26. The molecule has 0 aromatic carbocycles. The van der Waals surface area contributed by atoms with Gasteiger partial charge in [-0.3, -0.25) is 0 Å². The van der Waals surface area contributed by atoms with Gasteiger partial charge >= 0.3 is 0 Å². The van der Waals surface area contributed by atoms with Gasteiger partial charge in [0.05, 0.1) is 12.7 Å². The van der Waals surface area contributed by atoms with E-state index in [0.29, 0.717) is 29.7 Å². The first-order valence-corrected chi connectivity index (χ1v) is 12.2. The van der Waals surface area contributed by atoms with Gasteiger partial charge in [0.25, 0.3) is 0 Å². The van der Waals surface area contributed by atoms with Crippen LogP contribution in [0, 0.1) is 17.8 Å². The van der Waals surface area contributed by atoms with Crippen LogP contribution in [0.25, 0.3) is 0 Å². The fraction of sp³-hybridized carbons (Fsp3) is 0.739. The third kappa shape index (κ3) is 7.82. The topological polar surface area (TPSA) is 29.5 Å². The zero-order chi connectivity index (χ0) is 20.5. The molecule has 0 aliphatic rings. The van der Waals surface area contributed by atoms with Gasteiger partial charge in [0.2, 0.25) is 8.32 Å². The highest BCUT2D eigenvalue weighted by molar-refractivity contribution is 6.77. The van der Waals surface area contributed by atoms with E-state index in [0.717, 1.165) is 12.0 Å². The number of allylic oxidation sites excluding steroid dienone is 3. The van der Waals surface area contributed by atoms with Crippen LogP contribution >= 0.6 is 0 Å². The Bertz CT molecular complexity index is 483. The SMILES string of the molecule is C#CC(C)(C)C/C=C/C=C(/CO[Si](C(C)C)(C(C)C)C(C)C)C[C@H](C)O. The lowest BCUT2D eigenvalue weighted by Gasteiger charge is -2.42. The van der Waals surface area contributed by atoms with Crippen LogP contribution in [0.4, 0.5) is 0 Å². The molecule has 0 fully saturated rings. The lowest BCUT2D eigenvalue weighted by Crippen LogP contribution is -2.48. The Morgan fingerprint density at radius 2 is 1.58 bits per heavy atom. The Morgan fingerprint density at radius 3 is 1.96 bits per heavy atom. The molecule has 150 valence electrons. The first kappa shape index (κ1) is 25.2. The summed E-state index contributed by atoms with van der Waals surface area (Å²) in [4.78, 5) is 0. The molecule has 0 rings (SSSR count). The molecule has 0 heterocycles. The second kappa shape index (κ2) is 11.1. The molecular formula is C23H42O2Si. The highest BCUT2D eigenvalue weighted by Crippen LogP contribution is 2.42. The van der Waals surface area contributed by atoms with Gasteiger partial charge in [-0.1, -0.05) is 59.8 Å². The van der Waals surface area contributed by atoms with Crippen LogP contribution in [-0.4, -0.2) is 26.1 Å². The van der Waals surface area contributed by atoms with Gasteiger partial charge in [-0.25, -0.2) is 0 Å². The maximum absolute atomic E-state index is 9.87. The van der Waals surface area contributed by atoms with Crippen molar-refractivity contribution in [2.75, 3.05) is 6.61 Å². The maximum Gasteiger partial charge on any atom is 0.200 e. The molecule has 1 N–H and O–H groups in total. The largest absolute Gasteiger partial charge is 0.412 e. The van der Waals surface area contributed by atoms with E-state index in [-0.39, 0.29) is 11.5 Å². The van der Waals surface area contributed by atoms with Crippen molar-refractivity contribution in [2.24, 2.45) is 5.41 Å². The van der Waals surface area contributed by atoms with Crippen molar-refractivity contribution in [3.05, 3.63) is 23.8 Å². The standard InChI is InChI=1S/C23H42O2Si/c1-11-23(9,10)15-13-12-14-22(16-21(8)24)17-25-26(18(2)3,19(4)5)20(6)7/h1,12-14,18-21,24H,15-17H2,2-10H3/b13-12+,22-14+/t21-/m0/s1. The van der Waals surface area contributed by atoms with Gasteiger partial charge in [0, 0.05) is 5.41 Å². The van der Waals surface area contributed by atoms with Crippen LogP contribution in [0.5, 0.6) is 0 Å². The monoisotopic (exact) mass is 378 g/mol. The number of aliphatic hydroxyl groups is 1. The second-order valence-corrected chi connectivity index (χ2v) is 14.6. The summed E-state index contributed by atoms with van der Waals surface area (Å²) < 4.78 is 6.69. The molecule has 0 amide bonds. The van der Waals surface area contributed by atoms with Crippen LogP contribution in [0.2, 0.25) is 16.6 Å². The molecule has 0 spiro atoms. The molecule has 0 unspecified atom stereocenters. The Labute approximate surface area is 164 Å². The average molecular weight is 379 g/mol. The fourth-order valence-electron chi connectivity index (χ4n) is 3.90. The lowest BCUT2D eigenvalue weighted by molar-refractivity contribution is 0.188.